The highest BCUT2D eigenvalue weighted by Crippen LogP contribution is 2.20. The number of nitrogens with one attached hydrogen (secondary N) is 2. The number of halogens is 1. The van der Waals surface area contributed by atoms with Crippen LogP contribution in [0.1, 0.15) is 71.1 Å². The van der Waals surface area contributed by atoms with Gasteiger partial charge in [-0.25, -0.2) is 4.98 Å². The molecular formula is C24H42IN5O. The summed E-state index contributed by atoms with van der Waals surface area (Å²) in [6.45, 7) is 6.90. The van der Waals surface area contributed by atoms with E-state index in [9.17, 15) is 0 Å². The molecular weight excluding hydrogens is 501 g/mol. The van der Waals surface area contributed by atoms with Gasteiger partial charge in [-0.2, -0.15) is 0 Å². The Kier molecular flexibility index (Phi) is 13.2. The number of hydrogen-bond acceptors (Lipinski definition) is 4. The molecule has 2 heterocycles. The molecule has 0 unspecified atom stereocenters. The number of unbranched alkanes of at least 4 members (excludes halogenated alkanes) is 2. The smallest absolute Gasteiger partial charge is 0.191 e. The third-order valence-electron chi connectivity index (χ3n) is 6.13. The predicted molar refractivity (Wildman–Crippen MR) is 141 cm³/mol. The topological polar surface area (TPSA) is 61.8 Å². The maximum atomic E-state index is 6.02. The number of guanidine groups is 1. The number of hydrogen-bond donors (Lipinski definition) is 2. The van der Waals surface area contributed by atoms with Crippen LogP contribution in [0.5, 0.6) is 0 Å². The van der Waals surface area contributed by atoms with Gasteiger partial charge in [-0.1, -0.05) is 25.3 Å². The quantitative estimate of drug-likeness (QED) is 0.193. The first-order valence-electron chi connectivity index (χ1n) is 12.2. The number of pyridine rings is 1. The average Bonchev–Trinajstić information content (AvgIpc) is 2.80. The van der Waals surface area contributed by atoms with Gasteiger partial charge in [0.25, 0.3) is 0 Å². The molecule has 2 aliphatic rings. The minimum Gasteiger partial charge on any atom is -0.378 e. The summed E-state index contributed by atoms with van der Waals surface area (Å²) in [5.74, 6) is 2.05. The van der Waals surface area contributed by atoms with Crippen LogP contribution in [0.25, 0.3) is 0 Å². The van der Waals surface area contributed by atoms with E-state index in [0.717, 1.165) is 70.2 Å². The zero-order chi connectivity index (χ0) is 20.9. The largest absolute Gasteiger partial charge is 0.378 e. The molecule has 0 radical (unpaired) electrons. The predicted octanol–water partition coefficient (Wildman–Crippen LogP) is 4.74. The number of rotatable bonds is 10. The number of aliphatic imine (C=N–C) groups is 1. The van der Waals surface area contributed by atoms with Crippen molar-refractivity contribution in [2.75, 3.05) is 37.7 Å². The minimum atomic E-state index is 0. The third-order valence-corrected chi connectivity index (χ3v) is 6.13. The Balaban J connectivity index is 0.00000341. The summed E-state index contributed by atoms with van der Waals surface area (Å²) in [6, 6.07) is 6.61. The van der Waals surface area contributed by atoms with E-state index in [-0.39, 0.29) is 24.0 Å². The summed E-state index contributed by atoms with van der Waals surface area (Å²) in [5, 5.41) is 7.05. The highest BCUT2D eigenvalue weighted by atomic mass is 127. The fraction of sp³-hybridized carbons (Fsp3) is 0.750. The van der Waals surface area contributed by atoms with Crippen molar-refractivity contribution in [1.82, 2.24) is 15.6 Å². The van der Waals surface area contributed by atoms with Crippen molar-refractivity contribution in [3.05, 3.63) is 24.4 Å². The second-order valence-corrected chi connectivity index (χ2v) is 8.55. The molecule has 3 rings (SSSR count). The van der Waals surface area contributed by atoms with Crippen LogP contribution < -0.4 is 15.5 Å². The number of nitrogens with zero attached hydrogens (tertiary/aromatic N) is 3. The van der Waals surface area contributed by atoms with Gasteiger partial charge in [0, 0.05) is 45.0 Å². The molecule has 2 N–H and O–H groups in total. The van der Waals surface area contributed by atoms with Crippen LogP contribution in [0.4, 0.5) is 5.82 Å². The molecule has 0 atom stereocenters. The Morgan fingerprint density at radius 1 is 1.10 bits per heavy atom. The molecule has 7 heteroatoms. The van der Waals surface area contributed by atoms with Gasteiger partial charge in [-0.3, -0.25) is 4.99 Å². The molecule has 31 heavy (non-hydrogen) atoms. The van der Waals surface area contributed by atoms with Crippen molar-refractivity contribution in [2.24, 2.45) is 4.99 Å². The first-order valence-corrected chi connectivity index (χ1v) is 12.2. The SMILES string of the molecule is CCNC(=NCCCCCOC1CCCCC1)NC1CCN(c2ccccn2)CC1.I. The highest BCUT2D eigenvalue weighted by molar-refractivity contribution is 14.0. The normalized spacial score (nSPS) is 18.5. The van der Waals surface area contributed by atoms with Crippen LogP contribution in [0.15, 0.2) is 29.4 Å². The van der Waals surface area contributed by atoms with Gasteiger partial charge in [0.15, 0.2) is 5.96 Å². The number of piperidine rings is 1. The van der Waals surface area contributed by atoms with E-state index in [1.165, 1.54) is 38.5 Å². The zero-order valence-electron chi connectivity index (χ0n) is 19.2. The number of ether oxygens (including phenoxy) is 1. The fourth-order valence-corrected chi connectivity index (χ4v) is 4.37. The van der Waals surface area contributed by atoms with Gasteiger partial charge < -0.3 is 20.3 Å². The lowest BCUT2D eigenvalue weighted by Crippen LogP contribution is -2.49. The molecule has 176 valence electrons. The molecule has 1 aliphatic heterocycles. The third kappa shape index (κ3) is 9.93. The summed E-state index contributed by atoms with van der Waals surface area (Å²) in [7, 11) is 0. The lowest BCUT2D eigenvalue weighted by Gasteiger charge is -2.33. The first-order chi connectivity index (χ1) is 14.8. The molecule has 1 aromatic rings. The highest BCUT2D eigenvalue weighted by Gasteiger charge is 2.20. The van der Waals surface area contributed by atoms with E-state index in [0.29, 0.717) is 12.1 Å². The molecule has 2 fully saturated rings. The number of anilines is 1. The Morgan fingerprint density at radius 2 is 1.90 bits per heavy atom. The lowest BCUT2D eigenvalue weighted by atomic mass is 9.98. The van der Waals surface area contributed by atoms with Gasteiger partial charge in [-0.05, 0) is 64.0 Å². The van der Waals surface area contributed by atoms with E-state index >= 15 is 0 Å². The molecule has 0 spiro atoms. The van der Waals surface area contributed by atoms with Gasteiger partial charge in [0.05, 0.1) is 6.10 Å². The van der Waals surface area contributed by atoms with Crippen LogP contribution in [0, 0.1) is 0 Å². The summed E-state index contributed by atoms with van der Waals surface area (Å²) in [5.41, 5.74) is 0. The molecule has 1 saturated carbocycles. The summed E-state index contributed by atoms with van der Waals surface area (Å²) < 4.78 is 6.02. The molecule has 1 aromatic heterocycles. The van der Waals surface area contributed by atoms with Crippen molar-refractivity contribution >= 4 is 35.8 Å². The Bertz CT molecular complexity index is 601. The maximum absolute atomic E-state index is 6.02. The second kappa shape index (κ2) is 15.7. The maximum Gasteiger partial charge on any atom is 0.191 e. The first kappa shape index (κ1) is 26.2. The van der Waals surface area contributed by atoms with E-state index < -0.39 is 0 Å². The van der Waals surface area contributed by atoms with Crippen molar-refractivity contribution in [3.8, 4) is 0 Å². The standard InChI is InChI=1S/C24H41N5O.HI/c1-2-25-24(27-17-8-4-10-20-30-22-11-5-3-6-12-22)28-21-14-18-29(19-15-21)23-13-7-9-16-26-23;/h7,9,13,16,21-22H,2-6,8,10-12,14-15,17-20H2,1H3,(H2,25,27,28);1H. The van der Waals surface area contributed by atoms with E-state index in [2.05, 4.69) is 39.6 Å². The second-order valence-electron chi connectivity index (χ2n) is 8.55. The van der Waals surface area contributed by atoms with E-state index in [1.807, 2.05) is 12.3 Å². The van der Waals surface area contributed by atoms with Crippen LogP contribution >= 0.6 is 24.0 Å². The van der Waals surface area contributed by atoms with Crippen molar-refractivity contribution in [1.29, 1.82) is 0 Å². The minimum absolute atomic E-state index is 0. The van der Waals surface area contributed by atoms with Crippen molar-refractivity contribution < 1.29 is 4.74 Å². The van der Waals surface area contributed by atoms with Gasteiger partial charge in [0.2, 0.25) is 0 Å². The Morgan fingerprint density at radius 3 is 2.61 bits per heavy atom. The molecule has 0 bridgehead atoms. The molecule has 0 aromatic carbocycles. The van der Waals surface area contributed by atoms with E-state index in [1.54, 1.807) is 0 Å². The van der Waals surface area contributed by atoms with Gasteiger partial charge in [0.1, 0.15) is 5.82 Å². The summed E-state index contributed by atoms with van der Waals surface area (Å²) in [4.78, 5) is 11.6. The van der Waals surface area contributed by atoms with Crippen molar-refractivity contribution in [3.63, 3.8) is 0 Å². The Hall–Kier alpha value is -1.09. The average molecular weight is 544 g/mol. The van der Waals surface area contributed by atoms with Crippen LogP contribution in [-0.4, -0.2) is 55.9 Å². The zero-order valence-corrected chi connectivity index (χ0v) is 21.6. The van der Waals surface area contributed by atoms with Gasteiger partial charge >= 0.3 is 0 Å². The summed E-state index contributed by atoms with van der Waals surface area (Å²) in [6.07, 6.45) is 14.7. The molecule has 1 saturated heterocycles. The molecule has 1 aliphatic carbocycles. The molecule has 0 amide bonds. The van der Waals surface area contributed by atoms with Crippen LogP contribution in [0.2, 0.25) is 0 Å². The fourth-order valence-electron chi connectivity index (χ4n) is 4.37. The van der Waals surface area contributed by atoms with E-state index in [4.69, 9.17) is 9.73 Å². The summed E-state index contributed by atoms with van der Waals surface area (Å²) >= 11 is 0. The van der Waals surface area contributed by atoms with Crippen LogP contribution in [-0.2, 0) is 4.74 Å². The number of aromatic nitrogens is 1. The molecule has 6 nitrogen and oxygen atoms in total. The van der Waals surface area contributed by atoms with Crippen LogP contribution in [0.3, 0.4) is 0 Å². The Labute approximate surface area is 206 Å². The lowest BCUT2D eigenvalue weighted by molar-refractivity contribution is 0.0264. The van der Waals surface area contributed by atoms with Crippen molar-refractivity contribution in [2.45, 2.75) is 83.3 Å². The monoisotopic (exact) mass is 543 g/mol. The van der Waals surface area contributed by atoms with Gasteiger partial charge in [-0.15, -0.1) is 24.0 Å².